The third-order valence-electron chi connectivity index (χ3n) is 1.15. The molecule has 0 atom stereocenters. The van der Waals surface area contributed by atoms with Crippen LogP contribution in [-0.4, -0.2) is 5.97 Å². The average molecular weight is 268 g/mol. The minimum atomic E-state index is -0.294. The zero-order valence-corrected chi connectivity index (χ0v) is 8.32. The van der Waals surface area contributed by atoms with Crippen LogP contribution in [0.3, 0.4) is 0 Å². The second-order valence-electron chi connectivity index (χ2n) is 1.80. The number of hydrogen-bond acceptors (Lipinski definition) is 2. The Bertz CT molecular complexity index is 240. The maximum absolute atomic E-state index is 10.8. The summed E-state index contributed by atoms with van der Waals surface area (Å²) in [5.41, 5.74) is 0.603. The first-order valence-electron chi connectivity index (χ1n) is 2.56. The second kappa shape index (κ2) is 2.88. The maximum atomic E-state index is 10.8. The molecule has 4 heteroatoms. The van der Waals surface area contributed by atoms with Crippen molar-refractivity contribution in [1.29, 1.82) is 0 Å². The molecule has 1 aliphatic rings. The van der Waals surface area contributed by atoms with Crippen LogP contribution in [0.1, 0.15) is 6.92 Å². The quantitative estimate of drug-likeness (QED) is 0.631. The monoisotopic (exact) mass is 266 g/mol. The summed E-state index contributed by atoms with van der Waals surface area (Å²) in [7, 11) is 0. The molecular weight excluding hydrogens is 264 g/mol. The summed E-state index contributed by atoms with van der Waals surface area (Å²) < 4.78 is 5.51. The van der Waals surface area contributed by atoms with Crippen molar-refractivity contribution in [3.05, 3.63) is 20.8 Å². The maximum Gasteiger partial charge on any atom is 0.340 e. The van der Waals surface area contributed by atoms with E-state index in [-0.39, 0.29) is 5.97 Å². The predicted molar refractivity (Wildman–Crippen MR) is 44.7 cm³/mol. The first-order chi connectivity index (χ1) is 4.66. The molecule has 0 unspecified atom stereocenters. The summed E-state index contributed by atoms with van der Waals surface area (Å²) in [5, 5.41) is 0. The van der Waals surface area contributed by atoms with Gasteiger partial charge in [-0.05, 0) is 22.9 Å². The molecule has 0 aliphatic carbocycles. The largest absolute Gasteiger partial charge is 0.421 e. The van der Waals surface area contributed by atoms with Crippen molar-refractivity contribution in [2.75, 3.05) is 0 Å². The fourth-order valence-corrected chi connectivity index (χ4v) is 1.55. The summed E-state index contributed by atoms with van der Waals surface area (Å²) in [5.74, 6) is 0.236. The van der Waals surface area contributed by atoms with Gasteiger partial charge >= 0.3 is 5.97 Å². The Morgan fingerprint density at radius 1 is 1.60 bits per heavy atom. The van der Waals surface area contributed by atoms with E-state index in [2.05, 4.69) is 31.9 Å². The van der Waals surface area contributed by atoms with Gasteiger partial charge in [0.05, 0.1) is 10.1 Å². The SMILES string of the molecule is CC1=C(Br)/C(=C/Br)OC1=O. The van der Waals surface area contributed by atoms with E-state index in [4.69, 9.17) is 4.74 Å². The van der Waals surface area contributed by atoms with Crippen LogP contribution in [0, 0.1) is 0 Å². The fourth-order valence-electron chi connectivity index (χ4n) is 0.566. The van der Waals surface area contributed by atoms with E-state index in [0.29, 0.717) is 11.3 Å². The first-order valence-corrected chi connectivity index (χ1v) is 4.27. The predicted octanol–water partition coefficient (Wildman–Crippen LogP) is 2.45. The highest BCUT2D eigenvalue weighted by molar-refractivity contribution is 9.12. The fraction of sp³-hybridized carbons (Fsp3) is 0.167. The van der Waals surface area contributed by atoms with Crippen LogP contribution in [0.4, 0.5) is 0 Å². The minimum Gasteiger partial charge on any atom is -0.421 e. The van der Waals surface area contributed by atoms with Crippen LogP contribution in [-0.2, 0) is 9.53 Å². The van der Waals surface area contributed by atoms with Crippen LogP contribution in [0.2, 0.25) is 0 Å². The number of rotatable bonds is 0. The van der Waals surface area contributed by atoms with E-state index in [0.717, 1.165) is 4.48 Å². The van der Waals surface area contributed by atoms with Crippen LogP contribution in [0.5, 0.6) is 0 Å². The van der Waals surface area contributed by atoms with Gasteiger partial charge in [0.15, 0.2) is 5.76 Å². The summed E-state index contributed by atoms with van der Waals surface area (Å²) in [4.78, 5) is 12.3. The molecule has 0 saturated carbocycles. The van der Waals surface area contributed by atoms with Crippen molar-refractivity contribution < 1.29 is 9.53 Å². The van der Waals surface area contributed by atoms with Gasteiger partial charge in [-0.15, -0.1) is 0 Å². The van der Waals surface area contributed by atoms with Crippen molar-refractivity contribution in [2.24, 2.45) is 0 Å². The van der Waals surface area contributed by atoms with Crippen LogP contribution >= 0.6 is 31.9 Å². The van der Waals surface area contributed by atoms with Gasteiger partial charge in [0.2, 0.25) is 0 Å². The van der Waals surface area contributed by atoms with E-state index in [1.165, 1.54) is 0 Å². The molecule has 0 aromatic heterocycles. The zero-order chi connectivity index (χ0) is 7.72. The third kappa shape index (κ3) is 1.18. The standard InChI is InChI=1S/C6H4Br2O2/c1-3-5(8)4(2-7)10-6(3)9/h2H,1H3/b4-2-. The molecule has 0 saturated heterocycles. The Morgan fingerprint density at radius 3 is 2.40 bits per heavy atom. The number of carbonyl (C=O) groups excluding carboxylic acids is 1. The number of hydrogen-bond donors (Lipinski definition) is 0. The molecule has 0 N–H and O–H groups in total. The summed E-state index contributed by atoms with van der Waals surface area (Å²) in [6.07, 6.45) is 0. The van der Waals surface area contributed by atoms with E-state index in [1.807, 2.05) is 0 Å². The number of carbonyl (C=O) groups is 1. The zero-order valence-electron chi connectivity index (χ0n) is 5.15. The van der Waals surface area contributed by atoms with Gasteiger partial charge in [0.25, 0.3) is 0 Å². The Labute approximate surface area is 75.2 Å². The van der Waals surface area contributed by atoms with Crippen molar-refractivity contribution in [3.63, 3.8) is 0 Å². The number of allylic oxidation sites excluding steroid dienone is 1. The van der Waals surface area contributed by atoms with Gasteiger partial charge < -0.3 is 4.74 Å². The molecule has 1 rings (SSSR count). The Morgan fingerprint density at radius 2 is 2.20 bits per heavy atom. The molecule has 1 heterocycles. The lowest BCUT2D eigenvalue weighted by Gasteiger charge is -1.91. The van der Waals surface area contributed by atoms with Gasteiger partial charge in [-0.2, -0.15) is 0 Å². The highest BCUT2D eigenvalue weighted by Gasteiger charge is 2.23. The lowest BCUT2D eigenvalue weighted by molar-refractivity contribution is -0.133. The lowest BCUT2D eigenvalue weighted by atomic mass is 10.3. The van der Waals surface area contributed by atoms with E-state index >= 15 is 0 Å². The minimum absolute atomic E-state index is 0.294. The van der Waals surface area contributed by atoms with Crippen molar-refractivity contribution in [3.8, 4) is 0 Å². The topological polar surface area (TPSA) is 26.3 Å². The molecule has 10 heavy (non-hydrogen) atoms. The highest BCUT2D eigenvalue weighted by atomic mass is 79.9. The van der Waals surface area contributed by atoms with Gasteiger partial charge in [-0.1, -0.05) is 15.9 Å². The molecule has 0 spiro atoms. The van der Waals surface area contributed by atoms with Gasteiger partial charge in [-0.25, -0.2) is 4.79 Å². The lowest BCUT2D eigenvalue weighted by Crippen LogP contribution is -1.94. The normalized spacial score (nSPS) is 22.3. The molecule has 0 aromatic carbocycles. The van der Waals surface area contributed by atoms with Crippen LogP contribution < -0.4 is 0 Å². The summed E-state index contributed by atoms with van der Waals surface area (Å²) in [6, 6.07) is 0. The number of ether oxygens (including phenoxy) is 1. The molecule has 2 nitrogen and oxygen atoms in total. The van der Waals surface area contributed by atoms with Crippen molar-refractivity contribution in [2.45, 2.75) is 6.92 Å². The van der Waals surface area contributed by atoms with Gasteiger partial charge in [-0.3, -0.25) is 0 Å². The molecular formula is C6H4Br2O2. The molecule has 1 aliphatic heterocycles. The molecule has 54 valence electrons. The smallest absolute Gasteiger partial charge is 0.340 e. The molecule has 0 fully saturated rings. The summed E-state index contributed by atoms with van der Waals surface area (Å²) >= 11 is 6.27. The Balaban J connectivity index is 3.06. The van der Waals surface area contributed by atoms with Gasteiger partial charge in [0.1, 0.15) is 0 Å². The Hall–Kier alpha value is -0.0900. The van der Waals surface area contributed by atoms with E-state index in [1.54, 1.807) is 11.9 Å². The van der Waals surface area contributed by atoms with E-state index < -0.39 is 0 Å². The van der Waals surface area contributed by atoms with E-state index in [9.17, 15) is 4.79 Å². The molecule has 0 radical (unpaired) electrons. The first kappa shape index (κ1) is 8.01. The molecule has 0 aromatic rings. The number of halogens is 2. The number of esters is 1. The van der Waals surface area contributed by atoms with Crippen molar-refractivity contribution >= 4 is 37.8 Å². The third-order valence-corrected chi connectivity index (χ3v) is 2.55. The second-order valence-corrected chi connectivity index (χ2v) is 3.05. The average Bonchev–Trinajstić information content (AvgIpc) is 2.17. The Kier molecular flexibility index (Phi) is 2.31. The van der Waals surface area contributed by atoms with Crippen LogP contribution in [0.25, 0.3) is 0 Å². The van der Waals surface area contributed by atoms with Crippen LogP contribution in [0.15, 0.2) is 20.8 Å². The molecule has 0 bridgehead atoms. The highest BCUT2D eigenvalue weighted by Crippen LogP contribution is 2.30. The summed E-state index contributed by atoms with van der Waals surface area (Å²) in [6.45, 7) is 1.70. The van der Waals surface area contributed by atoms with Gasteiger partial charge in [0, 0.05) is 4.99 Å². The number of cyclic esters (lactones) is 1. The molecule has 0 amide bonds. The van der Waals surface area contributed by atoms with Crippen molar-refractivity contribution in [1.82, 2.24) is 0 Å².